The van der Waals surface area contributed by atoms with Gasteiger partial charge in [0, 0.05) is 67.0 Å². The van der Waals surface area contributed by atoms with E-state index in [1.807, 2.05) is 0 Å². The summed E-state index contributed by atoms with van der Waals surface area (Å²) in [5.74, 6) is -0.456. The molecule has 4 atom stereocenters. The van der Waals surface area contributed by atoms with Gasteiger partial charge < -0.3 is 62.1 Å². The van der Waals surface area contributed by atoms with Gasteiger partial charge in [0.25, 0.3) is 5.56 Å². The van der Waals surface area contributed by atoms with Crippen LogP contribution in [0, 0.1) is 30.5 Å². The van der Waals surface area contributed by atoms with Crippen molar-refractivity contribution in [3.8, 4) is 23.2 Å². The van der Waals surface area contributed by atoms with Crippen LogP contribution in [-0.4, -0.2) is 138 Å². The molecule has 5 heterocycles. The summed E-state index contributed by atoms with van der Waals surface area (Å²) >= 11 is 0. The van der Waals surface area contributed by atoms with Crippen molar-refractivity contribution in [1.82, 2.24) is 56.7 Å². The molecule has 0 unspecified atom stereocenters. The van der Waals surface area contributed by atoms with Crippen LogP contribution < -0.4 is 48.5 Å². The Morgan fingerprint density at radius 1 is 0.864 bits per heavy atom. The van der Waals surface area contributed by atoms with Crippen LogP contribution in [0.5, 0.6) is 0 Å². The number of pyridine rings is 2. The minimum Gasteiger partial charge on any atom is -0.458 e. The Hall–Kier alpha value is -9.04. The van der Waals surface area contributed by atoms with Crippen molar-refractivity contribution in [2.24, 2.45) is 11.7 Å². The zero-order valence-corrected chi connectivity index (χ0v) is 49.5. The van der Waals surface area contributed by atoms with Crippen molar-refractivity contribution in [3.05, 3.63) is 116 Å². The molecule has 1 fully saturated rings. The fourth-order valence-electron chi connectivity index (χ4n) is 10.1. The summed E-state index contributed by atoms with van der Waals surface area (Å²) in [6.45, 7) is 1.000. The fourth-order valence-corrected chi connectivity index (χ4v) is 10.6. The zero-order valence-electron chi connectivity index (χ0n) is 48.7. The van der Waals surface area contributed by atoms with E-state index >= 15 is 4.39 Å². The molecule has 1 aliphatic carbocycles. The minimum atomic E-state index is -3.56. The van der Waals surface area contributed by atoms with Crippen LogP contribution in [-0.2, 0) is 89.4 Å². The molecule has 3 aromatic heterocycles. The average Bonchev–Trinajstić information content (AvgIpc) is 1.47. The molecular weight excluding hydrogens is 1160 g/mol. The van der Waals surface area contributed by atoms with E-state index in [0.29, 0.717) is 89.7 Å². The molecule has 466 valence electrons. The first-order valence-corrected chi connectivity index (χ1v) is 30.6. The third-order valence-corrected chi connectivity index (χ3v) is 16.0. The van der Waals surface area contributed by atoms with Gasteiger partial charge in [-0.2, -0.15) is 0 Å². The highest BCUT2D eigenvalue weighted by Crippen LogP contribution is 2.41. The number of nitrogens with two attached hydrogens (primary N) is 1. The van der Waals surface area contributed by atoms with E-state index in [9.17, 15) is 56.7 Å². The van der Waals surface area contributed by atoms with Gasteiger partial charge in [0.05, 0.1) is 54.2 Å². The molecule has 0 saturated heterocycles. The van der Waals surface area contributed by atoms with Crippen molar-refractivity contribution in [2.45, 2.75) is 127 Å². The third-order valence-electron chi connectivity index (χ3n) is 15.1. The molecule has 1 saturated carbocycles. The van der Waals surface area contributed by atoms with Crippen LogP contribution in [0.15, 0.2) is 70.9 Å². The molecule has 26 nitrogen and oxygen atoms in total. The quantitative estimate of drug-likeness (QED) is 0.0104. The summed E-state index contributed by atoms with van der Waals surface area (Å²) in [5, 5.41) is 29.7. The number of hydrogen-bond donors (Lipinski definition) is 9. The maximum Gasteiger partial charge on any atom is 0.343 e. The largest absolute Gasteiger partial charge is 0.458 e. The van der Waals surface area contributed by atoms with E-state index in [2.05, 4.69) is 59.0 Å². The summed E-state index contributed by atoms with van der Waals surface area (Å²) in [4.78, 5) is 132. The summed E-state index contributed by atoms with van der Waals surface area (Å²) in [6, 6.07) is 10.9. The van der Waals surface area contributed by atoms with Crippen molar-refractivity contribution in [1.29, 1.82) is 0 Å². The lowest BCUT2D eigenvalue weighted by molar-refractivity contribution is -0.172. The number of esters is 1. The Kier molecular flexibility index (Phi) is 21.5. The lowest BCUT2D eigenvalue weighted by atomic mass is 9.86. The smallest absolute Gasteiger partial charge is 0.343 e. The number of cyclic esters (lactones) is 1. The van der Waals surface area contributed by atoms with E-state index in [1.54, 1.807) is 56.3 Å². The standard InChI is InChI=1S/C60H69FN12O14S/c1-4-60(83)42-23-47-52-40(31-73(47)57(81)41(42)32-86-58(60)82)39(38-21-34(2)43(61)24-45(38)72-52)27-64-56(80)53(37-18-19-37)87-33-69-50(76)29-66-55(79)46(22-35-13-7-5-8-14-35)71-51(77)30-63-49(75)28-65-54(78)44(16-11-12-20-62)70-48(74)17-10-6-9-15-36-25-67-59(68-26-36)88(3,84)85/h5,7-8,13-14,21,23-26,37,44,46,53,83H,4,6,10-12,16-20,22,27-33,62H2,1-3H3,(H,63,75)(H,64,80)(H,65,78)(H,66,79)(H,69,76)(H,70,74)(H,71,77)/t44-,46-,53+,60-/m0/s1. The second kappa shape index (κ2) is 29.1. The lowest BCUT2D eigenvalue weighted by Gasteiger charge is -2.31. The number of unbranched alkanes of at least 4 members (excludes halogenated alkanes) is 2. The molecule has 0 spiro atoms. The van der Waals surface area contributed by atoms with Gasteiger partial charge in [0.2, 0.25) is 56.3 Å². The van der Waals surface area contributed by atoms with Crippen LogP contribution >= 0.6 is 0 Å². The van der Waals surface area contributed by atoms with E-state index in [0.717, 1.165) is 6.26 Å². The number of aryl methyl sites for hydroxylation is 1. The second-order valence-corrected chi connectivity index (χ2v) is 23.5. The maximum atomic E-state index is 15.1. The number of nitrogens with one attached hydrogen (secondary N) is 7. The van der Waals surface area contributed by atoms with Crippen LogP contribution in [0.1, 0.15) is 104 Å². The number of rotatable bonds is 28. The molecule has 0 radical (unpaired) electrons. The Labute approximate surface area is 505 Å². The molecular formula is C60H69FN12O14S. The first-order chi connectivity index (χ1) is 42.1. The molecule has 88 heavy (non-hydrogen) atoms. The van der Waals surface area contributed by atoms with Gasteiger partial charge >= 0.3 is 5.97 Å². The Morgan fingerprint density at radius 3 is 2.23 bits per heavy atom. The number of nitrogens with zero attached hydrogens (tertiary/aromatic N) is 4. The summed E-state index contributed by atoms with van der Waals surface area (Å²) in [6.07, 6.45) is 5.75. The van der Waals surface area contributed by atoms with Gasteiger partial charge in [-0.05, 0) is 93.2 Å². The maximum absolute atomic E-state index is 15.1. The average molecular weight is 1230 g/mol. The number of aliphatic hydroxyl groups is 1. The summed E-state index contributed by atoms with van der Waals surface area (Å²) < 4.78 is 50.9. The number of hydrogen-bond acceptors (Lipinski definition) is 18. The van der Waals surface area contributed by atoms with E-state index in [1.165, 1.54) is 23.0 Å². The first-order valence-electron chi connectivity index (χ1n) is 28.7. The van der Waals surface area contributed by atoms with Crippen LogP contribution in [0.25, 0.3) is 22.3 Å². The van der Waals surface area contributed by atoms with E-state index in [-0.39, 0.29) is 73.1 Å². The third kappa shape index (κ3) is 16.3. The molecule has 2 aromatic carbocycles. The number of amides is 7. The van der Waals surface area contributed by atoms with Gasteiger partial charge in [0.1, 0.15) is 37.3 Å². The van der Waals surface area contributed by atoms with Crippen molar-refractivity contribution < 1.29 is 65.7 Å². The second-order valence-electron chi connectivity index (χ2n) is 21.6. The number of sulfone groups is 1. The highest BCUT2D eigenvalue weighted by molar-refractivity contribution is 7.90. The molecule has 3 aliphatic rings. The van der Waals surface area contributed by atoms with Crippen molar-refractivity contribution >= 4 is 68.1 Å². The monoisotopic (exact) mass is 1230 g/mol. The van der Waals surface area contributed by atoms with Crippen molar-refractivity contribution in [2.75, 3.05) is 39.2 Å². The van der Waals surface area contributed by atoms with E-state index in [4.69, 9.17) is 20.2 Å². The predicted molar refractivity (Wildman–Crippen MR) is 313 cm³/mol. The zero-order chi connectivity index (χ0) is 63.3. The summed E-state index contributed by atoms with van der Waals surface area (Å²) in [5.41, 5.74) is 6.67. The molecule has 10 N–H and O–H groups in total. The van der Waals surface area contributed by atoms with Gasteiger partial charge in [-0.1, -0.05) is 49.1 Å². The van der Waals surface area contributed by atoms with Gasteiger partial charge in [-0.3, -0.25) is 38.4 Å². The van der Waals surface area contributed by atoms with Crippen LogP contribution in [0.3, 0.4) is 0 Å². The Morgan fingerprint density at radius 2 is 1.55 bits per heavy atom. The lowest BCUT2D eigenvalue weighted by Crippen LogP contribution is -2.53. The minimum absolute atomic E-state index is 0.00239. The first kappa shape index (κ1) is 64.9. The number of carbonyl (C=O) groups excluding carboxylic acids is 8. The van der Waals surface area contributed by atoms with Crippen molar-refractivity contribution in [3.63, 3.8) is 0 Å². The Bertz CT molecular complexity index is 3760. The number of halogens is 1. The van der Waals surface area contributed by atoms with E-state index < -0.39 is 119 Å². The molecule has 0 bridgehead atoms. The number of benzene rings is 2. The SMILES string of the molecule is CC[C@@]1(O)C(=O)OCc2c1cc1n(c2=O)Cc2c-1nc1cc(F)c(C)cc1c2CNC(=O)[C@H](OCNC(=O)CNC(=O)[C@H](Cc1ccccc1)NC(=O)CNC(=O)CNC(=O)[C@H](CCCCN)NC(=O)CCCC#Cc1cnc(S(C)(=O)=O)nc1)C1CC1. The number of ether oxygens (including phenoxy) is 2. The molecule has 5 aromatic rings. The fraction of sp³-hybridized carbons (Fsp3) is 0.433. The number of fused-ring (bicyclic) bond motifs is 5. The predicted octanol–water partition coefficient (Wildman–Crippen LogP) is 0.118. The highest BCUT2D eigenvalue weighted by Gasteiger charge is 2.46. The molecule has 7 amide bonds. The Balaban J connectivity index is 0.804. The number of carbonyl (C=O) groups is 8. The highest BCUT2D eigenvalue weighted by atomic mass is 32.2. The topological polar surface area (TPSA) is 380 Å². The molecule has 2 aliphatic heterocycles. The molecule has 8 rings (SSSR count). The normalized spacial score (nSPS) is 15.8. The van der Waals surface area contributed by atoms with Gasteiger partial charge in [0.15, 0.2) is 5.60 Å². The van der Waals surface area contributed by atoms with Gasteiger partial charge in [-0.25, -0.2) is 32.6 Å². The van der Waals surface area contributed by atoms with Gasteiger partial charge in [-0.15, -0.1) is 0 Å². The molecule has 28 heteroatoms. The van der Waals surface area contributed by atoms with Crippen LogP contribution in [0.2, 0.25) is 0 Å². The van der Waals surface area contributed by atoms with Crippen LogP contribution in [0.4, 0.5) is 4.39 Å². The summed E-state index contributed by atoms with van der Waals surface area (Å²) in [7, 11) is -3.56. The number of aromatic nitrogens is 4.